The monoisotopic (exact) mass is 367 g/mol. The predicted molar refractivity (Wildman–Crippen MR) is 98.6 cm³/mol. The number of nitrogens with one attached hydrogen (secondary N) is 2. The fourth-order valence-electron chi connectivity index (χ4n) is 3.40. The topological polar surface area (TPSA) is 101 Å². The van der Waals surface area contributed by atoms with Gasteiger partial charge in [0, 0.05) is 19.0 Å². The predicted octanol–water partition coefficient (Wildman–Crippen LogP) is 1.55. The first kappa shape index (κ1) is 19.9. The molecule has 1 unspecified atom stereocenters. The van der Waals surface area contributed by atoms with Crippen LogP contribution in [0.1, 0.15) is 44.1 Å². The highest BCUT2D eigenvalue weighted by molar-refractivity contribution is 7.89. The second-order valence-corrected chi connectivity index (χ2v) is 8.55. The van der Waals surface area contributed by atoms with Gasteiger partial charge in [-0.2, -0.15) is 0 Å². The van der Waals surface area contributed by atoms with Crippen LogP contribution in [-0.2, 0) is 21.2 Å². The highest BCUT2D eigenvalue weighted by Gasteiger charge is 2.23. The molecule has 0 spiro atoms. The Bertz CT molecular complexity index is 653. The average Bonchev–Trinajstić information content (AvgIpc) is 2.65. The fraction of sp³-hybridized carbons (Fsp3) is 0.611. The summed E-state index contributed by atoms with van der Waals surface area (Å²) in [5, 5.41) is 3.08. The molecular formula is C18H29N3O3S. The van der Waals surface area contributed by atoms with Gasteiger partial charge in [0.15, 0.2) is 0 Å². The molecule has 0 radical (unpaired) electrons. The Morgan fingerprint density at radius 3 is 2.40 bits per heavy atom. The van der Waals surface area contributed by atoms with Crippen molar-refractivity contribution in [3.05, 3.63) is 29.8 Å². The maximum absolute atomic E-state index is 12.2. The zero-order valence-corrected chi connectivity index (χ0v) is 15.6. The van der Waals surface area contributed by atoms with E-state index in [-0.39, 0.29) is 16.8 Å². The molecule has 1 atom stereocenters. The lowest BCUT2D eigenvalue weighted by Gasteiger charge is -2.30. The van der Waals surface area contributed by atoms with Gasteiger partial charge in [0.2, 0.25) is 15.9 Å². The van der Waals surface area contributed by atoms with Crippen molar-refractivity contribution in [3.63, 3.8) is 0 Å². The number of benzene rings is 1. The van der Waals surface area contributed by atoms with Gasteiger partial charge >= 0.3 is 0 Å². The Morgan fingerprint density at radius 1 is 1.20 bits per heavy atom. The largest absolute Gasteiger partial charge is 0.352 e. The molecule has 0 saturated heterocycles. The van der Waals surface area contributed by atoms with E-state index < -0.39 is 10.0 Å². The van der Waals surface area contributed by atoms with E-state index in [0.29, 0.717) is 25.3 Å². The Labute approximate surface area is 150 Å². The molecule has 1 aromatic carbocycles. The Morgan fingerprint density at radius 2 is 1.84 bits per heavy atom. The molecule has 1 aromatic rings. The molecule has 0 aliphatic heterocycles. The molecule has 0 aromatic heterocycles. The Hall–Kier alpha value is -1.44. The molecule has 0 heterocycles. The van der Waals surface area contributed by atoms with E-state index in [9.17, 15) is 13.2 Å². The van der Waals surface area contributed by atoms with E-state index in [4.69, 9.17) is 5.73 Å². The zero-order chi connectivity index (χ0) is 18.3. The first-order valence-electron chi connectivity index (χ1n) is 8.98. The smallest absolute Gasteiger partial charge is 0.240 e. The summed E-state index contributed by atoms with van der Waals surface area (Å²) in [6.45, 7) is 0.479. The second-order valence-electron chi connectivity index (χ2n) is 6.66. The van der Waals surface area contributed by atoms with Crippen LogP contribution in [0.4, 0.5) is 0 Å². The Balaban J connectivity index is 1.84. The third kappa shape index (κ3) is 5.80. The molecule has 1 amide bonds. The second kappa shape index (κ2) is 9.31. The number of amides is 1. The van der Waals surface area contributed by atoms with Gasteiger partial charge in [-0.3, -0.25) is 4.79 Å². The normalized spacial score (nSPS) is 17.2. The van der Waals surface area contributed by atoms with Crippen molar-refractivity contribution in [2.24, 2.45) is 11.7 Å². The van der Waals surface area contributed by atoms with Crippen molar-refractivity contribution in [2.75, 3.05) is 13.6 Å². The minimum Gasteiger partial charge on any atom is -0.352 e. The average molecular weight is 368 g/mol. The van der Waals surface area contributed by atoms with Gasteiger partial charge in [-0.25, -0.2) is 13.1 Å². The van der Waals surface area contributed by atoms with E-state index in [1.807, 2.05) is 0 Å². The van der Waals surface area contributed by atoms with Gasteiger partial charge in [-0.15, -0.1) is 0 Å². The summed E-state index contributed by atoms with van der Waals surface area (Å²) in [6.07, 6.45) is 6.96. The highest BCUT2D eigenvalue weighted by Crippen LogP contribution is 2.26. The third-order valence-electron chi connectivity index (χ3n) is 4.96. The van der Waals surface area contributed by atoms with Crippen LogP contribution in [0, 0.1) is 5.92 Å². The maximum atomic E-state index is 12.2. The number of rotatable bonds is 8. The van der Waals surface area contributed by atoms with Gasteiger partial charge in [0.25, 0.3) is 0 Å². The van der Waals surface area contributed by atoms with Crippen LogP contribution >= 0.6 is 0 Å². The van der Waals surface area contributed by atoms with Crippen LogP contribution in [0.3, 0.4) is 0 Å². The van der Waals surface area contributed by atoms with E-state index in [2.05, 4.69) is 10.0 Å². The molecule has 1 aliphatic carbocycles. The molecular weight excluding hydrogens is 338 g/mol. The van der Waals surface area contributed by atoms with Crippen molar-refractivity contribution in [1.29, 1.82) is 0 Å². The van der Waals surface area contributed by atoms with Gasteiger partial charge in [0.1, 0.15) is 0 Å². The van der Waals surface area contributed by atoms with E-state index >= 15 is 0 Å². The molecule has 1 saturated carbocycles. The molecule has 2 rings (SSSR count). The van der Waals surface area contributed by atoms with Crippen LogP contribution in [0.2, 0.25) is 0 Å². The molecule has 25 heavy (non-hydrogen) atoms. The quantitative estimate of drug-likeness (QED) is 0.649. The van der Waals surface area contributed by atoms with Gasteiger partial charge in [0.05, 0.1) is 4.90 Å². The lowest BCUT2D eigenvalue weighted by molar-refractivity contribution is -0.122. The number of carbonyl (C=O) groups excluding carboxylic acids is 1. The van der Waals surface area contributed by atoms with Crippen LogP contribution in [0.15, 0.2) is 29.2 Å². The summed E-state index contributed by atoms with van der Waals surface area (Å²) in [7, 11) is -2.04. The van der Waals surface area contributed by atoms with Crippen LogP contribution < -0.4 is 15.8 Å². The van der Waals surface area contributed by atoms with Gasteiger partial charge in [-0.05, 0) is 49.9 Å². The first-order chi connectivity index (χ1) is 12.0. The number of hydrogen-bond acceptors (Lipinski definition) is 4. The molecule has 6 nitrogen and oxygen atoms in total. The lowest BCUT2D eigenvalue weighted by Crippen LogP contribution is -2.45. The standard InChI is InChI=1S/C18H29N3O3S/c1-20-25(23,24)16-10-7-14(8-11-16)9-12-18(22)21-17(13-19)15-5-3-2-4-6-15/h7-8,10-11,15,17,20H,2-6,9,12-13,19H2,1H3,(H,21,22). The van der Waals surface area contributed by atoms with Crippen molar-refractivity contribution < 1.29 is 13.2 Å². The lowest BCUT2D eigenvalue weighted by atomic mass is 9.84. The summed E-state index contributed by atoms with van der Waals surface area (Å²) >= 11 is 0. The molecule has 4 N–H and O–H groups in total. The maximum Gasteiger partial charge on any atom is 0.240 e. The molecule has 0 bridgehead atoms. The van der Waals surface area contributed by atoms with E-state index in [1.165, 1.54) is 26.3 Å². The third-order valence-corrected chi connectivity index (χ3v) is 6.39. The SMILES string of the molecule is CNS(=O)(=O)c1ccc(CCC(=O)NC(CN)C2CCCCC2)cc1. The van der Waals surface area contributed by atoms with Crippen molar-refractivity contribution in [3.8, 4) is 0 Å². The minimum atomic E-state index is -3.42. The van der Waals surface area contributed by atoms with Crippen LogP contribution in [-0.4, -0.2) is 34.0 Å². The van der Waals surface area contributed by atoms with Crippen LogP contribution in [0.5, 0.6) is 0 Å². The summed E-state index contributed by atoms with van der Waals surface area (Å²) in [5.74, 6) is 0.502. The minimum absolute atomic E-state index is 0.00736. The van der Waals surface area contributed by atoms with E-state index in [0.717, 1.165) is 18.4 Å². The summed E-state index contributed by atoms with van der Waals surface area (Å²) in [6, 6.07) is 6.68. The first-order valence-corrected chi connectivity index (χ1v) is 10.5. The number of sulfonamides is 1. The van der Waals surface area contributed by atoms with Crippen molar-refractivity contribution in [1.82, 2.24) is 10.0 Å². The highest BCUT2D eigenvalue weighted by atomic mass is 32.2. The number of aryl methyl sites for hydroxylation is 1. The summed E-state index contributed by atoms with van der Waals surface area (Å²) in [5.41, 5.74) is 6.79. The number of nitrogens with two attached hydrogens (primary N) is 1. The number of hydrogen-bond donors (Lipinski definition) is 3. The fourth-order valence-corrected chi connectivity index (χ4v) is 4.13. The van der Waals surface area contributed by atoms with E-state index in [1.54, 1.807) is 24.3 Å². The molecule has 1 fully saturated rings. The van der Waals surface area contributed by atoms with Gasteiger partial charge < -0.3 is 11.1 Å². The van der Waals surface area contributed by atoms with Crippen molar-refractivity contribution >= 4 is 15.9 Å². The summed E-state index contributed by atoms with van der Waals surface area (Å²) in [4.78, 5) is 12.5. The van der Waals surface area contributed by atoms with Gasteiger partial charge in [-0.1, -0.05) is 31.4 Å². The summed E-state index contributed by atoms with van der Waals surface area (Å²) < 4.78 is 25.7. The molecule has 7 heteroatoms. The Kier molecular flexibility index (Phi) is 7.40. The number of carbonyl (C=O) groups is 1. The van der Waals surface area contributed by atoms with Crippen molar-refractivity contribution in [2.45, 2.75) is 55.9 Å². The van der Waals surface area contributed by atoms with Crippen LogP contribution in [0.25, 0.3) is 0 Å². The molecule has 1 aliphatic rings. The molecule has 140 valence electrons. The zero-order valence-electron chi connectivity index (χ0n) is 14.8.